The Morgan fingerprint density at radius 2 is 2.19 bits per heavy atom. The first kappa shape index (κ1) is 11.5. The molecule has 2 rings (SSSR count). The molecule has 0 radical (unpaired) electrons. The highest BCUT2D eigenvalue weighted by atomic mass is 32.2. The molecule has 0 fully saturated rings. The van der Waals surface area contributed by atoms with Crippen LogP contribution >= 0.6 is 11.3 Å². The third-order valence-electron chi connectivity index (χ3n) is 2.06. The highest BCUT2D eigenvalue weighted by Gasteiger charge is 2.13. The van der Waals surface area contributed by atoms with Gasteiger partial charge in [0, 0.05) is 13.4 Å². The number of hydrogen-bond donors (Lipinski definition) is 0. The molecule has 1 aromatic carbocycles. The number of hydrogen-bond acceptors (Lipinski definition) is 5. The van der Waals surface area contributed by atoms with Crippen LogP contribution in [0.1, 0.15) is 5.56 Å². The molecule has 0 amide bonds. The van der Waals surface area contributed by atoms with Crippen molar-refractivity contribution in [3.8, 4) is 0 Å². The smallest absolute Gasteiger partial charge is 0.210 e. The van der Waals surface area contributed by atoms with E-state index in [4.69, 9.17) is 4.74 Å². The van der Waals surface area contributed by atoms with Crippen LogP contribution in [0.25, 0.3) is 10.2 Å². The largest absolute Gasteiger partial charge is 0.380 e. The van der Waals surface area contributed by atoms with E-state index in [-0.39, 0.29) is 4.34 Å². The average Bonchev–Trinajstić information content (AvgIpc) is 2.60. The maximum absolute atomic E-state index is 11.3. The van der Waals surface area contributed by atoms with Crippen molar-refractivity contribution in [3.05, 3.63) is 23.8 Å². The van der Waals surface area contributed by atoms with Crippen LogP contribution in [-0.2, 0) is 21.2 Å². The van der Waals surface area contributed by atoms with E-state index in [2.05, 4.69) is 4.98 Å². The normalized spacial score (nSPS) is 12.1. The standard InChI is InChI=1S/C10H11NO3S2/c1-14-6-7-3-4-9-8(5-7)11-10(15-9)16(2,12)13/h3-5H,6H2,1-2H3. The Bertz CT molecular complexity index is 616. The summed E-state index contributed by atoms with van der Waals surface area (Å²) < 4.78 is 28.7. The fraction of sp³-hybridized carbons (Fsp3) is 0.300. The fourth-order valence-electron chi connectivity index (χ4n) is 1.37. The molecule has 86 valence electrons. The van der Waals surface area contributed by atoms with Crippen LogP contribution in [0.15, 0.2) is 22.5 Å². The van der Waals surface area contributed by atoms with Crippen molar-refractivity contribution in [1.29, 1.82) is 0 Å². The number of rotatable bonds is 3. The number of methoxy groups -OCH3 is 1. The van der Waals surface area contributed by atoms with Crippen LogP contribution < -0.4 is 0 Å². The molecule has 1 aromatic heterocycles. The molecule has 0 atom stereocenters. The van der Waals surface area contributed by atoms with Crippen molar-refractivity contribution >= 4 is 31.4 Å². The predicted molar refractivity (Wildman–Crippen MR) is 63.4 cm³/mol. The Morgan fingerprint density at radius 1 is 1.44 bits per heavy atom. The number of fused-ring (bicyclic) bond motifs is 1. The van der Waals surface area contributed by atoms with Gasteiger partial charge in [0.2, 0.25) is 14.2 Å². The van der Waals surface area contributed by atoms with Crippen molar-refractivity contribution in [2.24, 2.45) is 0 Å². The summed E-state index contributed by atoms with van der Waals surface area (Å²) in [7, 11) is -1.60. The van der Waals surface area contributed by atoms with Gasteiger partial charge in [0.25, 0.3) is 0 Å². The lowest BCUT2D eigenvalue weighted by atomic mass is 10.2. The predicted octanol–water partition coefficient (Wildman–Crippen LogP) is 1.85. The van der Waals surface area contributed by atoms with Crippen molar-refractivity contribution in [2.45, 2.75) is 10.9 Å². The summed E-state index contributed by atoms with van der Waals surface area (Å²) >= 11 is 1.19. The fourth-order valence-corrected chi connectivity index (χ4v) is 3.18. The second kappa shape index (κ2) is 4.12. The van der Waals surface area contributed by atoms with Crippen molar-refractivity contribution in [1.82, 2.24) is 4.98 Å². The maximum atomic E-state index is 11.3. The van der Waals surface area contributed by atoms with Gasteiger partial charge in [-0.1, -0.05) is 6.07 Å². The molecule has 0 bridgehead atoms. The van der Waals surface area contributed by atoms with E-state index < -0.39 is 9.84 Å². The highest BCUT2D eigenvalue weighted by Crippen LogP contribution is 2.26. The Kier molecular flexibility index (Phi) is 2.96. The Morgan fingerprint density at radius 3 is 2.81 bits per heavy atom. The molecule has 0 aliphatic carbocycles. The number of benzene rings is 1. The molecule has 1 heterocycles. The molecule has 0 saturated heterocycles. The third kappa shape index (κ3) is 2.23. The van der Waals surface area contributed by atoms with Crippen LogP contribution in [0.4, 0.5) is 0 Å². The minimum atomic E-state index is -3.21. The van der Waals surface area contributed by atoms with E-state index in [0.29, 0.717) is 12.1 Å². The molecule has 6 heteroatoms. The number of sulfone groups is 1. The number of nitrogens with zero attached hydrogens (tertiary/aromatic N) is 1. The zero-order valence-corrected chi connectivity index (χ0v) is 10.6. The average molecular weight is 257 g/mol. The quantitative estimate of drug-likeness (QED) is 0.842. The maximum Gasteiger partial charge on any atom is 0.210 e. The van der Waals surface area contributed by atoms with E-state index in [1.54, 1.807) is 7.11 Å². The molecule has 16 heavy (non-hydrogen) atoms. The monoisotopic (exact) mass is 257 g/mol. The minimum absolute atomic E-state index is 0.164. The summed E-state index contributed by atoms with van der Waals surface area (Å²) in [6.45, 7) is 0.502. The second-order valence-corrected chi connectivity index (χ2v) is 6.71. The van der Waals surface area contributed by atoms with Gasteiger partial charge in [-0.05, 0) is 17.7 Å². The first-order valence-corrected chi connectivity index (χ1v) is 7.30. The van der Waals surface area contributed by atoms with Gasteiger partial charge in [-0.3, -0.25) is 0 Å². The van der Waals surface area contributed by atoms with Crippen LogP contribution in [0.5, 0.6) is 0 Å². The molecule has 0 aliphatic rings. The van der Waals surface area contributed by atoms with Gasteiger partial charge in [0.1, 0.15) is 0 Å². The molecule has 4 nitrogen and oxygen atoms in total. The summed E-state index contributed by atoms with van der Waals surface area (Å²) in [5.74, 6) is 0. The summed E-state index contributed by atoms with van der Waals surface area (Å²) in [4.78, 5) is 4.10. The lowest BCUT2D eigenvalue weighted by Crippen LogP contribution is -1.94. The van der Waals surface area contributed by atoms with Gasteiger partial charge in [0.05, 0.1) is 16.8 Å². The third-order valence-corrected chi connectivity index (χ3v) is 4.78. The van der Waals surface area contributed by atoms with Crippen molar-refractivity contribution < 1.29 is 13.2 Å². The first-order chi connectivity index (χ1) is 7.50. The molecular formula is C10H11NO3S2. The van der Waals surface area contributed by atoms with Gasteiger partial charge in [-0.25, -0.2) is 13.4 Å². The summed E-state index contributed by atoms with van der Waals surface area (Å²) in [5, 5.41) is 0. The van der Waals surface area contributed by atoms with Crippen LogP contribution in [0.3, 0.4) is 0 Å². The van der Waals surface area contributed by atoms with E-state index in [9.17, 15) is 8.42 Å². The number of ether oxygens (including phenoxy) is 1. The minimum Gasteiger partial charge on any atom is -0.380 e. The zero-order valence-electron chi connectivity index (χ0n) is 8.93. The SMILES string of the molecule is COCc1ccc2sc(S(C)(=O)=O)nc2c1. The van der Waals surface area contributed by atoms with Crippen LogP contribution in [0.2, 0.25) is 0 Å². The van der Waals surface area contributed by atoms with Crippen LogP contribution in [-0.4, -0.2) is 26.8 Å². The van der Waals surface area contributed by atoms with Gasteiger partial charge in [-0.2, -0.15) is 0 Å². The number of aromatic nitrogens is 1. The zero-order chi connectivity index (χ0) is 11.8. The van der Waals surface area contributed by atoms with Gasteiger partial charge in [0.15, 0.2) is 0 Å². The molecule has 2 aromatic rings. The van der Waals surface area contributed by atoms with Crippen LogP contribution in [0, 0.1) is 0 Å². The Labute approximate surface area is 97.8 Å². The van der Waals surface area contributed by atoms with Gasteiger partial charge in [-0.15, -0.1) is 11.3 Å². The lowest BCUT2D eigenvalue weighted by molar-refractivity contribution is 0.185. The van der Waals surface area contributed by atoms with E-state index in [1.807, 2.05) is 18.2 Å². The summed E-state index contributed by atoms with van der Waals surface area (Å²) in [6, 6.07) is 5.64. The Hall–Kier alpha value is -0.980. The van der Waals surface area contributed by atoms with Crippen molar-refractivity contribution in [3.63, 3.8) is 0 Å². The van der Waals surface area contributed by atoms with Crippen molar-refractivity contribution in [2.75, 3.05) is 13.4 Å². The second-order valence-electron chi connectivity index (χ2n) is 3.49. The van der Waals surface area contributed by atoms with E-state index in [1.165, 1.54) is 17.6 Å². The number of thiazole rings is 1. The lowest BCUT2D eigenvalue weighted by Gasteiger charge is -1.97. The van der Waals surface area contributed by atoms with E-state index in [0.717, 1.165) is 10.3 Å². The molecule has 0 N–H and O–H groups in total. The molecule has 0 aliphatic heterocycles. The highest BCUT2D eigenvalue weighted by molar-refractivity contribution is 7.92. The Balaban J connectivity index is 2.54. The summed E-state index contributed by atoms with van der Waals surface area (Å²) in [5.41, 5.74) is 1.69. The van der Waals surface area contributed by atoms with Gasteiger partial charge < -0.3 is 4.74 Å². The molecular weight excluding hydrogens is 246 g/mol. The van der Waals surface area contributed by atoms with E-state index >= 15 is 0 Å². The topological polar surface area (TPSA) is 56.3 Å². The first-order valence-electron chi connectivity index (χ1n) is 4.59. The molecule has 0 saturated carbocycles. The molecule has 0 spiro atoms. The summed E-state index contributed by atoms with van der Waals surface area (Å²) in [6.07, 6.45) is 1.17. The molecule has 0 unspecified atom stereocenters. The van der Waals surface area contributed by atoms with Gasteiger partial charge >= 0.3 is 0 Å².